The van der Waals surface area contributed by atoms with Gasteiger partial charge in [-0.3, -0.25) is 14.7 Å². The average Bonchev–Trinajstić information content (AvgIpc) is 3.21. The van der Waals surface area contributed by atoms with Gasteiger partial charge in [-0.25, -0.2) is 9.48 Å². The van der Waals surface area contributed by atoms with Gasteiger partial charge < -0.3 is 10.2 Å². The number of nitrogens with one attached hydrogen (secondary N) is 1. The Labute approximate surface area is 186 Å². The second-order valence-electron chi connectivity index (χ2n) is 8.58. The van der Waals surface area contributed by atoms with Crippen LogP contribution >= 0.6 is 0 Å². The summed E-state index contributed by atoms with van der Waals surface area (Å²) in [6.07, 6.45) is 5.25. The van der Waals surface area contributed by atoms with Crippen molar-refractivity contribution in [3.63, 3.8) is 0 Å². The Morgan fingerprint density at radius 2 is 1.81 bits per heavy atom. The number of hydrogen-bond acceptors (Lipinski definition) is 4. The van der Waals surface area contributed by atoms with E-state index in [1.165, 1.54) is 0 Å². The lowest BCUT2D eigenvalue weighted by Gasteiger charge is -2.46. The van der Waals surface area contributed by atoms with Gasteiger partial charge in [-0.1, -0.05) is 18.2 Å². The Bertz CT molecular complexity index is 1120. The van der Waals surface area contributed by atoms with Crippen LogP contribution in [0, 0.1) is 6.92 Å². The molecule has 5 rings (SSSR count). The second kappa shape index (κ2) is 8.11. The molecule has 2 aromatic heterocycles. The van der Waals surface area contributed by atoms with Gasteiger partial charge in [0.05, 0.1) is 24.2 Å². The molecule has 0 unspecified atom stereocenters. The highest BCUT2D eigenvalue weighted by Crippen LogP contribution is 2.42. The number of carbonyl (C=O) groups is 2. The van der Waals surface area contributed by atoms with Gasteiger partial charge in [-0.15, -0.1) is 0 Å². The molecule has 2 aliphatic heterocycles. The molecule has 0 bridgehead atoms. The summed E-state index contributed by atoms with van der Waals surface area (Å²) in [4.78, 5) is 33.7. The first kappa shape index (κ1) is 20.2. The lowest BCUT2D eigenvalue weighted by molar-refractivity contribution is -0.123. The minimum absolute atomic E-state index is 0.0939. The number of aryl methyl sites for hydroxylation is 1. The van der Waals surface area contributed by atoms with E-state index in [1.54, 1.807) is 12.4 Å². The van der Waals surface area contributed by atoms with Gasteiger partial charge in [0.15, 0.2) is 0 Å². The van der Waals surface area contributed by atoms with Crippen molar-refractivity contribution in [1.29, 1.82) is 0 Å². The molecule has 32 heavy (non-hydrogen) atoms. The number of urea groups is 1. The Morgan fingerprint density at radius 3 is 2.53 bits per heavy atom. The van der Waals surface area contributed by atoms with E-state index in [0.717, 1.165) is 22.8 Å². The summed E-state index contributed by atoms with van der Waals surface area (Å²) in [5, 5.41) is 7.74. The fraction of sp³-hybridized carbons (Fsp3) is 0.333. The number of likely N-dealkylation sites (tertiary alicyclic amines) is 1. The van der Waals surface area contributed by atoms with E-state index >= 15 is 0 Å². The largest absolute Gasteiger partial charge is 0.324 e. The van der Waals surface area contributed by atoms with Crippen LogP contribution in [-0.4, -0.2) is 44.7 Å². The van der Waals surface area contributed by atoms with Crippen LogP contribution in [0.2, 0.25) is 0 Å². The molecule has 0 atom stereocenters. The number of para-hydroxylation sites is 1. The van der Waals surface area contributed by atoms with Gasteiger partial charge in [-0.05, 0) is 49.6 Å². The van der Waals surface area contributed by atoms with Crippen molar-refractivity contribution in [1.82, 2.24) is 19.7 Å². The van der Waals surface area contributed by atoms with Gasteiger partial charge in [0, 0.05) is 37.2 Å². The molecule has 1 saturated heterocycles. The van der Waals surface area contributed by atoms with Crippen molar-refractivity contribution in [2.75, 3.05) is 23.3 Å². The van der Waals surface area contributed by atoms with E-state index in [0.29, 0.717) is 38.9 Å². The van der Waals surface area contributed by atoms with E-state index < -0.39 is 0 Å². The standard InChI is InChI=1S/C24H26N6O2/c1-18-15-21-29(17-19-7-11-25-12-8-19)22(31)16-24(30(21)27-18)9-13-28(14-10-24)23(32)26-20-5-3-2-4-6-20/h2-8,11-12,15H,9-10,13-14,16-17H2,1H3,(H,26,32). The third kappa shape index (κ3) is 3.72. The monoisotopic (exact) mass is 430 g/mol. The Hall–Kier alpha value is -3.68. The summed E-state index contributed by atoms with van der Waals surface area (Å²) in [6.45, 7) is 3.61. The zero-order valence-corrected chi connectivity index (χ0v) is 18.1. The van der Waals surface area contributed by atoms with Crippen LogP contribution in [-0.2, 0) is 16.9 Å². The number of piperidine rings is 1. The molecule has 1 aromatic carbocycles. The quantitative estimate of drug-likeness (QED) is 0.689. The number of amides is 3. The van der Waals surface area contributed by atoms with E-state index in [1.807, 2.05) is 69.9 Å². The predicted molar refractivity (Wildman–Crippen MR) is 121 cm³/mol. The Balaban J connectivity index is 1.34. The molecule has 8 nitrogen and oxygen atoms in total. The van der Waals surface area contributed by atoms with Crippen LogP contribution in [0.5, 0.6) is 0 Å². The summed E-state index contributed by atoms with van der Waals surface area (Å²) in [6, 6.07) is 15.2. The summed E-state index contributed by atoms with van der Waals surface area (Å²) in [7, 11) is 0. The molecule has 1 N–H and O–H groups in total. The number of benzene rings is 1. The van der Waals surface area contributed by atoms with Gasteiger partial charge in [-0.2, -0.15) is 5.10 Å². The number of hydrogen-bond donors (Lipinski definition) is 1. The smallest absolute Gasteiger partial charge is 0.321 e. The molecule has 4 heterocycles. The zero-order valence-electron chi connectivity index (χ0n) is 18.1. The molecule has 3 amide bonds. The maximum Gasteiger partial charge on any atom is 0.321 e. The Morgan fingerprint density at radius 1 is 1.09 bits per heavy atom. The van der Waals surface area contributed by atoms with Crippen LogP contribution < -0.4 is 10.2 Å². The fourth-order valence-corrected chi connectivity index (χ4v) is 4.69. The van der Waals surface area contributed by atoms with Gasteiger partial charge in [0.1, 0.15) is 5.82 Å². The van der Waals surface area contributed by atoms with E-state index in [9.17, 15) is 9.59 Å². The number of pyridine rings is 1. The molecule has 164 valence electrons. The normalized spacial score (nSPS) is 17.3. The summed E-state index contributed by atoms with van der Waals surface area (Å²) >= 11 is 0. The second-order valence-corrected chi connectivity index (χ2v) is 8.58. The van der Waals surface area contributed by atoms with E-state index in [-0.39, 0.29) is 17.5 Å². The average molecular weight is 431 g/mol. The first-order valence-corrected chi connectivity index (χ1v) is 10.9. The van der Waals surface area contributed by atoms with Gasteiger partial charge in [0.2, 0.25) is 5.91 Å². The third-order valence-electron chi connectivity index (χ3n) is 6.42. The van der Waals surface area contributed by atoms with Gasteiger partial charge >= 0.3 is 6.03 Å². The summed E-state index contributed by atoms with van der Waals surface area (Å²) < 4.78 is 2.04. The van der Waals surface area contributed by atoms with Crippen LogP contribution in [0.3, 0.4) is 0 Å². The van der Waals surface area contributed by atoms with Crippen molar-refractivity contribution in [2.45, 2.75) is 38.3 Å². The summed E-state index contributed by atoms with van der Waals surface area (Å²) in [5.74, 6) is 0.925. The van der Waals surface area contributed by atoms with Crippen molar-refractivity contribution in [3.05, 3.63) is 72.2 Å². The molecule has 0 saturated carbocycles. The predicted octanol–water partition coefficient (Wildman–Crippen LogP) is 3.55. The number of rotatable bonds is 3. The number of anilines is 2. The van der Waals surface area contributed by atoms with Crippen molar-refractivity contribution >= 4 is 23.4 Å². The van der Waals surface area contributed by atoms with Crippen LogP contribution in [0.4, 0.5) is 16.3 Å². The maximum absolute atomic E-state index is 13.3. The van der Waals surface area contributed by atoms with Crippen LogP contribution in [0.1, 0.15) is 30.5 Å². The molecule has 8 heteroatoms. The third-order valence-corrected chi connectivity index (χ3v) is 6.42. The molecule has 0 aliphatic carbocycles. The zero-order chi connectivity index (χ0) is 22.1. The molecular weight excluding hydrogens is 404 g/mol. The molecule has 3 aromatic rings. The first-order valence-electron chi connectivity index (χ1n) is 10.9. The minimum Gasteiger partial charge on any atom is -0.324 e. The highest BCUT2D eigenvalue weighted by Gasteiger charge is 2.46. The van der Waals surface area contributed by atoms with E-state index in [4.69, 9.17) is 5.10 Å². The highest BCUT2D eigenvalue weighted by atomic mass is 16.2. The number of fused-ring (bicyclic) bond motifs is 2. The van der Waals surface area contributed by atoms with Crippen LogP contribution in [0.15, 0.2) is 60.9 Å². The first-order chi connectivity index (χ1) is 15.5. The molecular formula is C24H26N6O2. The summed E-state index contributed by atoms with van der Waals surface area (Å²) in [5.41, 5.74) is 2.31. The highest BCUT2D eigenvalue weighted by molar-refractivity contribution is 5.95. The fourth-order valence-electron chi connectivity index (χ4n) is 4.69. The topological polar surface area (TPSA) is 83.4 Å². The Kier molecular flexibility index (Phi) is 5.13. The number of carbonyl (C=O) groups excluding carboxylic acids is 2. The molecule has 1 spiro atoms. The van der Waals surface area contributed by atoms with Gasteiger partial charge in [0.25, 0.3) is 0 Å². The molecule has 0 radical (unpaired) electrons. The SMILES string of the molecule is Cc1cc2n(n1)C1(CCN(C(=O)Nc3ccccc3)CC1)CC(=O)N2Cc1ccncc1. The maximum atomic E-state index is 13.3. The molecule has 1 fully saturated rings. The number of nitrogens with zero attached hydrogens (tertiary/aromatic N) is 5. The molecule has 2 aliphatic rings. The van der Waals surface area contributed by atoms with Crippen molar-refractivity contribution < 1.29 is 9.59 Å². The van der Waals surface area contributed by atoms with Crippen LogP contribution in [0.25, 0.3) is 0 Å². The lowest BCUT2D eigenvalue weighted by atomic mass is 9.82. The number of aromatic nitrogens is 3. The van der Waals surface area contributed by atoms with Crippen molar-refractivity contribution in [3.8, 4) is 0 Å². The lowest BCUT2D eigenvalue weighted by Crippen LogP contribution is -2.55. The minimum atomic E-state index is -0.390. The van der Waals surface area contributed by atoms with E-state index in [2.05, 4.69) is 10.3 Å². The van der Waals surface area contributed by atoms with Crippen molar-refractivity contribution in [2.24, 2.45) is 0 Å².